The monoisotopic (exact) mass is 276 g/mol. The van der Waals surface area contributed by atoms with Crippen LogP contribution in [0.2, 0.25) is 19.6 Å². The molecule has 0 saturated heterocycles. The molecule has 0 saturated carbocycles. The van der Waals surface area contributed by atoms with E-state index in [0.29, 0.717) is 0 Å². The molecule has 2 aliphatic carbocycles. The van der Waals surface area contributed by atoms with Crippen molar-refractivity contribution in [2.75, 3.05) is 0 Å². The van der Waals surface area contributed by atoms with Crippen molar-refractivity contribution in [3.8, 4) is 0 Å². The lowest BCUT2D eigenvalue weighted by molar-refractivity contribution is -0.126. The van der Waals surface area contributed by atoms with Gasteiger partial charge < -0.3 is 9.16 Å². The highest BCUT2D eigenvalue weighted by atomic mass is 28.4. The zero-order chi connectivity index (χ0) is 14.1. The number of ether oxygens (including phenoxy) is 1. The quantitative estimate of drug-likeness (QED) is 0.548. The Morgan fingerprint density at radius 1 is 1.16 bits per heavy atom. The average Bonchev–Trinajstić information content (AvgIpc) is 2.74. The minimum absolute atomic E-state index is 0.607. The maximum absolute atomic E-state index is 6.42. The fraction of sp³-hybridized carbons (Fsp3) is 0.500. The second-order valence-electron chi connectivity index (χ2n) is 6.29. The molecule has 0 heterocycles. The maximum Gasteiger partial charge on any atom is 0.227 e. The highest BCUT2D eigenvalue weighted by molar-refractivity contribution is 6.69. The first-order chi connectivity index (χ1) is 8.81. The Labute approximate surface area is 117 Å². The first-order valence-corrected chi connectivity index (χ1v) is 10.3. The van der Waals surface area contributed by atoms with Gasteiger partial charge in [0, 0.05) is 6.42 Å². The second-order valence-corrected chi connectivity index (χ2v) is 10.7. The third-order valence-corrected chi connectivity index (χ3v) is 4.17. The predicted molar refractivity (Wildman–Crippen MR) is 82.2 cm³/mol. The molecular weight excluding hydrogens is 252 g/mol. The summed E-state index contributed by atoms with van der Waals surface area (Å²) in [7, 11) is -1.70. The molecule has 2 aliphatic rings. The number of rotatable bonds is 4. The molecule has 2 rings (SSSR count). The predicted octanol–water partition coefficient (Wildman–Crippen LogP) is 4.69. The summed E-state index contributed by atoms with van der Waals surface area (Å²) in [5, 5.41) is 0. The largest absolute Gasteiger partial charge is 0.459 e. The van der Waals surface area contributed by atoms with E-state index in [1.807, 2.05) is 6.08 Å². The average molecular weight is 276 g/mol. The highest BCUT2D eigenvalue weighted by Crippen LogP contribution is 2.38. The van der Waals surface area contributed by atoms with Crippen LogP contribution in [-0.2, 0) is 9.16 Å². The zero-order valence-electron chi connectivity index (χ0n) is 12.6. The van der Waals surface area contributed by atoms with Crippen molar-refractivity contribution < 1.29 is 9.16 Å². The third-order valence-electron chi connectivity index (χ3n) is 3.23. The fourth-order valence-corrected chi connectivity index (χ4v) is 3.70. The van der Waals surface area contributed by atoms with Crippen LogP contribution in [0.3, 0.4) is 0 Å². The first-order valence-electron chi connectivity index (χ1n) is 6.92. The van der Waals surface area contributed by atoms with Crippen LogP contribution >= 0.6 is 0 Å². The van der Waals surface area contributed by atoms with Gasteiger partial charge in [0.25, 0.3) is 0 Å². The molecule has 1 unspecified atom stereocenters. The van der Waals surface area contributed by atoms with Gasteiger partial charge in [0.1, 0.15) is 5.76 Å². The summed E-state index contributed by atoms with van der Waals surface area (Å²) < 4.78 is 12.7. The lowest BCUT2D eigenvalue weighted by atomic mass is 9.95. The number of hydrogen-bond donors (Lipinski definition) is 0. The Hall–Kier alpha value is -1.06. The molecule has 0 fully saturated rings. The van der Waals surface area contributed by atoms with Gasteiger partial charge in [-0.2, -0.15) is 0 Å². The normalized spacial score (nSPS) is 26.9. The standard InChI is InChI=1S/C16H24O2Si/c1-13-10-11-16(14(2)12-13,18-19(3,4)5)17-15-8-6-7-9-15/h6,8-10,12H,7,11H2,1-5H3. The van der Waals surface area contributed by atoms with E-state index in [-0.39, 0.29) is 0 Å². The Kier molecular flexibility index (Phi) is 3.88. The molecule has 0 spiro atoms. The molecule has 3 heteroatoms. The highest BCUT2D eigenvalue weighted by Gasteiger charge is 2.41. The van der Waals surface area contributed by atoms with Crippen LogP contribution in [0.4, 0.5) is 0 Å². The summed E-state index contributed by atoms with van der Waals surface area (Å²) in [5.74, 6) is 0.323. The van der Waals surface area contributed by atoms with Crippen LogP contribution in [0, 0.1) is 0 Å². The maximum atomic E-state index is 6.42. The molecule has 1 atom stereocenters. The van der Waals surface area contributed by atoms with E-state index in [0.717, 1.165) is 24.2 Å². The van der Waals surface area contributed by atoms with Gasteiger partial charge in [0.15, 0.2) is 8.32 Å². The molecule has 0 aliphatic heterocycles. The van der Waals surface area contributed by atoms with Gasteiger partial charge in [-0.3, -0.25) is 0 Å². The molecule has 0 radical (unpaired) electrons. The van der Waals surface area contributed by atoms with Crippen LogP contribution in [0.25, 0.3) is 0 Å². The van der Waals surface area contributed by atoms with Gasteiger partial charge in [-0.15, -0.1) is 0 Å². The minimum Gasteiger partial charge on any atom is -0.459 e. The lowest BCUT2D eigenvalue weighted by Gasteiger charge is -2.41. The summed E-state index contributed by atoms with van der Waals surface area (Å²) in [6.45, 7) is 10.8. The van der Waals surface area contributed by atoms with Gasteiger partial charge in [0.2, 0.25) is 5.79 Å². The molecule has 0 aromatic carbocycles. The van der Waals surface area contributed by atoms with Gasteiger partial charge in [-0.1, -0.05) is 23.8 Å². The van der Waals surface area contributed by atoms with Crippen molar-refractivity contribution in [1.29, 1.82) is 0 Å². The minimum atomic E-state index is -1.70. The fourth-order valence-electron chi connectivity index (χ4n) is 2.43. The van der Waals surface area contributed by atoms with Gasteiger partial charge >= 0.3 is 0 Å². The molecule has 2 nitrogen and oxygen atoms in total. The second kappa shape index (κ2) is 5.14. The van der Waals surface area contributed by atoms with Crippen LogP contribution in [-0.4, -0.2) is 14.1 Å². The molecular formula is C16H24O2Si. The van der Waals surface area contributed by atoms with Gasteiger partial charge in [-0.25, -0.2) is 0 Å². The van der Waals surface area contributed by atoms with E-state index < -0.39 is 14.1 Å². The van der Waals surface area contributed by atoms with E-state index in [2.05, 4.69) is 57.8 Å². The Morgan fingerprint density at radius 3 is 2.42 bits per heavy atom. The van der Waals surface area contributed by atoms with E-state index in [9.17, 15) is 0 Å². The van der Waals surface area contributed by atoms with E-state index in [1.165, 1.54) is 5.57 Å². The Morgan fingerprint density at radius 2 is 1.89 bits per heavy atom. The van der Waals surface area contributed by atoms with Crippen molar-refractivity contribution in [1.82, 2.24) is 0 Å². The Balaban J connectivity index is 2.28. The van der Waals surface area contributed by atoms with Gasteiger partial charge in [-0.05, 0) is 57.6 Å². The summed E-state index contributed by atoms with van der Waals surface area (Å²) in [4.78, 5) is 0. The smallest absolute Gasteiger partial charge is 0.227 e. The molecule has 0 aromatic rings. The van der Waals surface area contributed by atoms with Gasteiger partial charge in [0.05, 0.1) is 0 Å². The lowest BCUT2D eigenvalue weighted by Crippen LogP contribution is -2.46. The van der Waals surface area contributed by atoms with Crippen LogP contribution in [0.1, 0.15) is 26.7 Å². The first kappa shape index (κ1) is 14.3. The molecule has 0 bridgehead atoms. The molecule has 0 N–H and O–H groups in total. The Bertz CT molecular complexity index is 477. The third kappa shape index (κ3) is 3.48. The van der Waals surface area contributed by atoms with Crippen molar-refractivity contribution in [2.24, 2.45) is 0 Å². The van der Waals surface area contributed by atoms with Crippen LogP contribution < -0.4 is 0 Å². The van der Waals surface area contributed by atoms with Crippen LogP contribution in [0.15, 0.2) is 47.3 Å². The van der Waals surface area contributed by atoms with E-state index in [1.54, 1.807) is 0 Å². The van der Waals surface area contributed by atoms with Crippen molar-refractivity contribution in [3.05, 3.63) is 47.3 Å². The summed E-state index contributed by atoms with van der Waals surface area (Å²) in [6.07, 6.45) is 12.4. The molecule has 104 valence electrons. The van der Waals surface area contributed by atoms with Crippen molar-refractivity contribution in [3.63, 3.8) is 0 Å². The van der Waals surface area contributed by atoms with Crippen molar-refractivity contribution in [2.45, 2.75) is 52.1 Å². The van der Waals surface area contributed by atoms with E-state index in [4.69, 9.17) is 9.16 Å². The summed E-state index contributed by atoms with van der Waals surface area (Å²) in [6, 6.07) is 0. The number of hydrogen-bond acceptors (Lipinski definition) is 2. The van der Waals surface area contributed by atoms with E-state index >= 15 is 0 Å². The van der Waals surface area contributed by atoms with Crippen LogP contribution in [0.5, 0.6) is 0 Å². The summed E-state index contributed by atoms with van der Waals surface area (Å²) in [5.41, 5.74) is 2.45. The molecule has 0 amide bonds. The topological polar surface area (TPSA) is 18.5 Å². The SMILES string of the molecule is CC1=CCC(OC2=CCC=C2)(O[Si](C)(C)C)C(C)=C1. The number of allylic oxidation sites excluding steroid dienone is 5. The molecule has 19 heavy (non-hydrogen) atoms. The van der Waals surface area contributed by atoms with Crippen molar-refractivity contribution >= 4 is 8.32 Å². The zero-order valence-corrected chi connectivity index (χ0v) is 13.6. The molecule has 0 aromatic heterocycles. The summed E-state index contributed by atoms with van der Waals surface area (Å²) >= 11 is 0.